The van der Waals surface area contributed by atoms with Gasteiger partial charge in [0.2, 0.25) is 0 Å². The highest BCUT2D eigenvalue weighted by Crippen LogP contribution is 2.46. The maximum Gasteiger partial charge on any atom is 0.123 e. The first-order chi connectivity index (χ1) is 15.6. The molecule has 0 amide bonds. The fourth-order valence-electron chi connectivity index (χ4n) is 4.67. The Hall–Kier alpha value is -2.76. The van der Waals surface area contributed by atoms with E-state index in [-0.39, 0.29) is 30.1 Å². The number of hydrogen-bond donors (Lipinski definition) is 2. The number of unbranched alkanes of at least 4 members (excludes halogenated alkanes) is 1. The lowest BCUT2D eigenvalue weighted by atomic mass is 9.88. The van der Waals surface area contributed by atoms with E-state index in [0.717, 1.165) is 53.9 Å². The summed E-state index contributed by atoms with van der Waals surface area (Å²) in [5.74, 6) is 0.273. The zero-order valence-electron chi connectivity index (χ0n) is 18.0. The lowest BCUT2D eigenvalue weighted by molar-refractivity contribution is 0.281. The first-order valence-electron chi connectivity index (χ1n) is 11.1. The van der Waals surface area contributed by atoms with Gasteiger partial charge in [-0.15, -0.1) is 0 Å². The number of phenols is 1. The van der Waals surface area contributed by atoms with Crippen LogP contribution in [-0.4, -0.2) is 15.2 Å². The van der Waals surface area contributed by atoms with Crippen molar-refractivity contribution in [2.45, 2.75) is 44.8 Å². The minimum atomic E-state index is -0.205. The smallest absolute Gasteiger partial charge is 0.123 e. The molecule has 1 saturated heterocycles. The number of anilines is 1. The first kappa shape index (κ1) is 22.4. The van der Waals surface area contributed by atoms with Crippen molar-refractivity contribution in [3.05, 3.63) is 95.3 Å². The Labute approximate surface area is 194 Å². The molecule has 0 aromatic heterocycles. The molecular formula is C27H28FNO2S. The summed E-state index contributed by atoms with van der Waals surface area (Å²) in [7, 11) is 0. The van der Waals surface area contributed by atoms with Gasteiger partial charge in [0.05, 0.1) is 17.6 Å². The molecule has 2 atom stereocenters. The van der Waals surface area contributed by atoms with Crippen molar-refractivity contribution >= 4 is 22.9 Å². The van der Waals surface area contributed by atoms with E-state index in [4.69, 9.17) is 12.2 Å². The Morgan fingerprint density at radius 1 is 0.938 bits per heavy atom. The van der Waals surface area contributed by atoms with Gasteiger partial charge in [-0.3, -0.25) is 0 Å². The molecule has 0 unspecified atom stereocenters. The van der Waals surface area contributed by atoms with E-state index in [1.807, 2.05) is 42.5 Å². The number of halogens is 1. The third-order valence-electron chi connectivity index (χ3n) is 6.26. The number of thiocarbonyl (C=S) groups is 1. The molecule has 1 aliphatic heterocycles. The predicted octanol–water partition coefficient (Wildman–Crippen LogP) is 6.33. The van der Waals surface area contributed by atoms with Crippen molar-refractivity contribution in [3.8, 4) is 5.75 Å². The largest absolute Gasteiger partial charge is 0.508 e. The van der Waals surface area contributed by atoms with E-state index in [0.29, 0.717) is 5.56 Å². The normalized spacial score (nSPS) is 18.3. The molecule has 3 aromatic carbocycles. The maximum atomic E-state index is 13.1. The lowest BCUT2D eigenvalue weighted by Crippen LogP contribution is -2.28. The van der Waals surface area contributed by atoms with Crippen molar-refractivity contribution < 1.29 is 14.6 Å². The van der Waals surface area contributed by atoms with Crippen LogP contribution in [0.5, 0.6) is 5.75 Å². The minimum Gasteiger partial charge on any atom is -0.508 e. The molecule has 1 heterocycles. The van der Waals surface area contributed by atoms with Gasteiger partial charge in [-0.1, -0.05) is 61.1 Å². The fraction of sp³-hybridized carbons (Fsp3) is 0.296. The SMILES string of the molecule is OCc1ccc([C@@H]2[C@@H](CCCCc3ccc(F)cc3)CC(=S)N2c2ccccc2)c(O)c1. The van der Waals surface area contributed by atoms with Gasteiger partial charge in [0.25, 0.3) is 0 Å². The second-order valence-electron chi connectivity index (χ2n) is 8.43. The molecule has 1 aliphatic rings. The van der Waals surface area contributed by atoms with E-state index in [1.165, 1.54) is 12.1 Å². The van der Waals surface area contributed by atoms with Crippen LogP contribution in [-0.2, 0) is 13.0 Å². The van der Waals surface area contributed by atoms with Gasteiger partial charge in [0, 0.05) is 17.7 Å². The fourth-order valence-corrected chi connectivity index (χ4v) is 5.10. The topological polar surface area (TPSA) is 43.7 Å². The summed E-state index contributed by atoms with van der Waals surface area (Å²) in [4.78, 5) is 3.06. The summed E-state index contributed by atoms with van der Waals surface area (Å²) in [6, 6.07) is 22.2. The van der Waals surface area contributed by atoms with Gasteiger partial charge in [0.1, 0.15) is 11.6 Å². The van der Waals surface area contributed by atoms with Crippen LogP contribution < -0.4 is 4.90 Å². The summed E-state index contributed by atoms with van der Waals surface area (Å²) in [6.07, 6.45) is 4.74. The summed E-state index contributed by atoms with van der Waals surface area (Å²) in [6.45, 7) is -0.105. The molecule has 0 bridgehead atoms. The third kappa shape index (κ3) is 5.00. The van der Waals surface area contributed by atoms with Gasteiger partial charge in [-0.05, 0) is 66.6 Å². The number of aliphatic hydroxyl groups is 1. The molecule has 4 rings (SSSR count). The Bertz CT molecular complexity index is 1060. The molecular weight excluding hydrogens is 421 g/mol. The van der Waals surface area contributed by atoms with Crippen molar-refractivity contribution in [2.75, 3.05) is 4.90 Å². The number of aromatic hydroxyl groups is 1. The lowest BCUT2D eigenvalue weighted by Gasteiger charge is -2.31. The average molecular weight is 450 g/mol. The van der Waals surface area contributed by atoms with Crippen LogP contribution in [0.1, 0.15) is 48.4 Å². The van der Waals surface area contributed by atoms with Crippen molar-refractivity contribution in [2.24, 2.45) is 5.92 Å². The third-order valence-corrected chi connectivity index (χ3v) is 6.63. The van der Waals surface area contributed by atoms with E-state index < -0.39 is 0 Å². The van der Waals surface area contributed by atoms with Gasteiger partial charge in [-0.25, -0.2) is 4.39 Å². The van der Waals surface area contributed by atoms with Crippen LogP contribution in [0.15, 0.2) is 72.8 Å². The molecule has 32 heavy (non-hydrogen) atoms. The molecule has 2 N–H and O–H groups in total. The van der Waals surface area contributed by atoms with E-state index in [2.05, 4.69) is 17.0 Å². The summed E-state index contributed by atoms with van der Waals surface area (Å²) in [5.41, 5.74) is 3.71. The van der Waals surface area contributed by atoms with Gasteiger partial charge in [-0.2, -0.15) is 0 Å². The molecule has 1 fully saturated rings. The highest BCUT2D eigenvalue weighted by Gasteiger charge is 2.40. The first-order valence-corrected chi connectivity index (χ1v) is 11.5. The van der Waals surface area contributed by atoms with Crippen LogP contribution in [0.2, 0.25) is 0 Å². The van der Waals surface area contributed by atoms with Crippen LogP contribution in [0.4, 0.5) is 10.1 Å². The van der Waals surface area contributed by atoms with Crippen molar-refractivity contribution in [3.63, 3.8) is 0 Å². The van der Waals surface area contributed by atoms with E-state index >= 15 is 0 Å². The highest BCUT2D eigenvalue weighted by molar-refractivity contribution is 7.80. The molecule has 5 heteroatoms. The minimum absolute atomic E-state index is 0.0523. The molecule has 166 valence electrons. The van der Waals surface area contributed by atoms with E-state index in [1.54, 1.807) is 6.07 Å². The van der Waals surface area contributed by atoms with Gasteiger partial charge in [0.15, 0.2) is 0 Å². The number of aliphatic hydroxyl groups excluding tert-OH is 1. The number of rotatable bonds is 8. The van der Waals surface area contributed by atoms with Crippen molar-refractivity contribution in [1.82, 2.24) is 0 Å². The second kappa shape index (κ2) is 10.2. The Morgan fingerprint density at radius 3 is 2.34 bits per heavy atom. The molecule has 3 nitrogen and oxygen atoms in total. The molecule has 0 radical (unpaired) electrons. The number of phenolic OH excluding ortho intramolecular Hbond substituents is 1. The van der Waals surface area contributed by atoms with Crippen LogP contribution in [0.3, 0.4) is 0 Å². The van der Waals surface area contributed by atoms with Crippen LogP contribution in [0.25, 0.3) is 0 Å². The number of nitrogens with zero attached hydrogens (tertiary/aromatic N) is 1. The number of aryl methyl sites for hydroxylation is 1. The summed E-state index contributed by atoms with van der Waals surface area (Å²) < 4.78 is 13.1. The average Bonchev–Trinajstić information content (AvgIpc) is 3.14. The second-order valence-corrected chi connectivity index (χ2v) is 8.90. The summed E-state index contributed by atoms with van der Waals surface area (Å²) in [5, 5.41) is 20.2. The standard InChI is InChI=1S/C27H28FNO2S/c28-22-13-10-19(11-14-22)6-4-5-7-21-17-26(32)29(23-8-2-1-3-9-23)27(21)24-15-12-20(18-30)16-25(24)31/h1-3,8-16,21,27,30-31H,4-7,17-18H2/t21-,27-/m0/s1. The van der Waals surface area contributed by atoms with Crippen LogP contribution >= 0.6 is 12.2 Å². The number of para-hydroxylation sites is 1. The van der Waals surface area contributed by atoms with Gasteiger partial charge >= 0.3 is 0 Å². The molecule has 0 spiro atoms. The Balaban J connectivity index is 1.53. The van der Waals surface area contributed by atoms with Crippen LogP contribution in [0, 0.1) is 11.7 Å². The van der Waals surface area contributed by atoms with Gasteiger partial charge < -0.3 is 15.1 Å². The zero-order valence-corrected chi connectivity index (χ0v) is 18.8. The van der Waals surface area contributed by atoms with E-state index in [9.17, 15) is 14.6 Å². The quantitative estimate of drug-likeness (QED) is 0.311. The molecule has 0 saturated carbocycles. The maximum absolute atomic E-state index is 13.1. The molecule has 0 aliphatic carbocycles. The monoisotopic (exact) mass is 449 g/mol. The Morgan fingerprint density at radius 2 is 1.66 bits per heavy atom. The number of hydrogen-bond acceptors (Lipinski definition) is 3. The summed E-state index contributed by atoms with van der Waals surface area (Å²) >= 11 is 5.80. The zero-order chi connectivity index (χ0) is 22.5. The Kier molecular flexibility index (Phi) is 7.18. The van der Waals surface area contributed by atoms with Crippen molar-refractivity contribution in [1.29, 1.82) is 0 Å². The molecule has 3 aromatic rings. The number of benzene rings is 3. The predicted molar refractivity (Wildman–Crippen MR) is 130 cm³/mol. The highest BCUT2D eigenvalue weighted by atomic mass is 32.1.